The Balaban J connectivity index is 2.12. The van der Waals surface area contributed by atoms with Crippen molar-refractivity contribution in [2.45, 2.75) is 26.8 Å². The first-order chi connectivity index (χ1) is 16.0. The van der Waals surface area contributed by atoms with Crippen molar-refractivity contribution in [3.05, 3.63) is 59.3 Å². The van der Waals surface area contributed by atoms with Gasteiger partial charge in [0.25, 0.3) is 5.91 Å². The van der Waals surface area contributed by atoms with E-state index < -0.39 is 23.4 Å². The Bertz CT molecular complexity index is 1240. The number of amides is 1. The zero-order valence-corrected chi connectivity index (χ0v) is 18.9. The highest BCUT2D eigenvalue weighted by Gasteiger charge is 2.33. The fourth-order valence-electron chi connectivity index (χ4n) is 3.44. The third kappa shape index (κ3) is 5.61. The van der Waals surface area contributed by atoms with Crippen LogP contribution in [0.1, 0.15) is 35.5 Å². The number of benzene rings is 2. The van der Waals surface area contributed by atoms with Crippen molar-refractivity contribution >= 4 is 16.8 Å². The number of carbonyl (C=O) groups excluding carboxylic acids is 1. The van der Waals surface area contributed by atoms with Crippen LogP contribution in [0.5, 0.6) is 11.5 Å². The molecule has 2 aromatic carbocycles. The Morgan fingerprint density at radius 1 is 1.18 bits per heavy atom. The third-order valence-electron chi connectivity index (χ3n) is 5.27. The molecule has 0 aliphatic rings. The molecule has 0 bridgehead atoms. The zero-order valence-electron chi connectivity index (χ0n) is 18.9. The van der Waals surface area contributed by atoms with Crippen molar-refractivity contribution in [3.63, 3.8) is 0 Å². The van der Waals surface area contributed by atoms with Crippen LogP contribution in [0, 0.1) is 16.7 Å². The summed E-state index contributed by atoms with van der Waals surface area (Å²) in [5.41, 5.74) is 0.596. The van der Waals surface area contributed by atoms with E-state index in [1.165, 1.54) is 25.3 Å². The average molecular weight is 475 g/mol. The molecule has 0 unspecified atom stereocenters. The van der Waals surface area contributed by atoms with Gasteiger partial charge < -0.3 is 24.5 Å². The topological polar surface area (TPSA) is 96.5 Å². The first kappa shape index (κ1) is 24.9. The number of ether oxygens (including phenoxy) is 2. The van der Waals surface area contributed by atoms with Crippen LogP contribution in [0.4, 0.5) is 13.2 Å². The molecule has 180 valence electrons. The monoisotopic (exact) mass is 475 g/mol. The van der Waals surface area contributed by atoms with Crippen LogP contribution in [0.25, 0.3) is 10.9 Å². The summed E-state index contributed by atoms with van der Waals surface area (Å²) in [5, 5.41) is 22.0. The first-order valence-corrected chi connectivity index (χ1v) is 10.3. The summed E-state index contributed by atoms with van der Waals surface area (Å²) >= 11 is 0. The van der Waals surface area contributed by atoms with Gasteiger partial charge >= 0.3 is 6.36 Å². The molecule has 1 heterocycles. The summed E-state index contributed by atoms with van der Waals surface area (Å²) in [7, 11) is 1.33. The Morgan fingerprint density at radius 3 is 2.50 bits per heavy atom. The van der Waals surface area contributed by atoms with Crippen LogP contribution in [0.2, 0.25) is 0 Å². The molecule has 34 heavy (non-hydrogen) atoms. The smallest absolute Gasteiger partial charge is 0.496 e. The van der Waals surface area contributed by atoms with E-state index in [1.807, 2.05) is 6.07 Å². The minimum Gasteiger partial charge on any atom is -0.496 e. The van der Waals surface area contributed by atoms with E-state index in [9.17, 15) is 28.3 Å². The SMILES string of the molecule is COc1cccc(OC(F)(F)F)c1Cn1c(C(=O)NCC(C)(C)CO)cc2cc(C#N)ccc21. The van der Waals surface area contributed by atoms with E-state index in [1.54, 1.807) is 42.7 Å². The molecule has 0 spiro atoms. The quantitative estimate of drug-likeness (QED) is 0.509. The average Bonchev–Trinajstić information content (AvgIpc) is 3.15. The molecule has 0 aliphatic carbocycles. The van der Waals surface area contributed by atoms with E-state index in [-0.39, 0.29) is 36.7 Å². The van der Waals surface area contributed by atoms with Gasteiger partial charge in [0.2, 0.25) is 0 Å². The molecular weight excluding hydrogens is 451 g/mol. The van der Waals surface area contributed by atoms with Gasteiger partial charge in [-0.25, -0.2) is 0 Å². The summed E-state index contributed by atoms with van der Waals surface area (Å²) in [6, 6.07) is 12.4. The molecule has 3 aromatic rings. The Kier molecular flexibility index (Phi) is 7.07. The summed E-state index contributed by atoms with van der Waals surface area (Å²) in [5.74, 6) is -0.774. The number of aliphatic hydroxyl groups excluding tert-OH is 1. The predicted octanol–water partition coefficient (Wildman–Crippen LogP) is 4.22. The van der Waals surface area contributed by atoms with Gasteiger partial charge in [-0.15, -0.1) is 13.2 Å². The first-order valence-electron chi connectivity index (χ1n) is 10.3. The molecule has 0 saturated heterocycles. The summed E-state index contributed by atoms with van der Waals surface area (Å²) in [6.07, 6.45) is -4.92. The van der Waals surface area contributed by atoms with Crippen molar-refractivity contribution in [2.75, 3.05) is 20.3 Å². The number of halogens is 3. The van der Waals surface area contributed by atoms with Gasteiger partial charge in [0.15, 0.2) is 0 Å². The Labute approximate surface area is 194 Å². The van der Waals surface area contributed by atoms with Crippen molar-refractivity contribution in [3.8, 4) is 17.6 Å². The Hall–Kier alpha value is -3.71. The predicted molar refractivity (Wildman–Crippen MR) is 119 cm³/mol. The maximum atomic E-state index is 13.1. The number of aromatic nitrogens is 1. The van der Waals surface area contributed by atoms with E-state index in [0.717, 1.165) is 0 Å². The normalized spacial score (nSPS) is 11.8. The second kappa shape index (κ2) is 9.65. The lowest BCUT2D eigenvalue weighted by Crippen LogP contribution is -2.36. The highest BCUT2D eigenvalue weighted by Crippen LogP contribution is 2.35. The van der Waals surface area contributed by atoms with Crippen LogP contribution >= 0.6 is 0 Å². The largest absolute Gasteiger partial charge is 0.573 e. The van der Waals surface area contributed by atoms with Crippen molar-refractivity contribution in [1.82, 2.24) is 9.88 Å². The van der Waals surface area contributed by atoms with Crippen molar-refractivity contribution in [2.24, 2.45) is 5.41 Å². The van der Waals surface area contributed by atoms with Crippen molar-refractivity contribution < 1.29 is 32.5 Å². The Morgan fingerprint density at radius 2 is 1.88 bits per heavy atom. The summed E-state index contributed by atoms with van der Waals surface area (Å²) in [4.78, 5) is 13.1. The number of fused-ring (bicyclic) bond motifs is 1. The highest BCUT2D eigenvalue weighted by molar-refractivity contribution is 5.99. The molecule has 0 radical (unpaired) electrons. The van der Waals surface area contributed by atoms with Crippen LogP contribution in [-0.4, -0.2) is 42.2 Å². The molecule has 0 fully saturated rings. The molecule has 0 aliphatic heterocycles. The number of nitrogens with one attached hydrogen (secondary N) is 1. The van der Waals surface area contributed by atoms with Crippen LogP contribution in [0.15, 0.2) is 42.5 Å². The molecular formula is C24H24F3N3O4. The lowest BCUT2D eigenvalue weighted by molar-refractivity contribution is -0.274. The van der Waals surface area contributed by atoms with Gasteiger partial charge in [-0.05, 0) is 36.4 Å². The minimum absolute atomic E-state index is 0.0916. The van der Waals surface area contributed by atoms with Gasteiger partial charge in [0, 0.05) is 29.5 Å². The standard InChI is InChI=1S/C24H24F3N3O4/c1-23(2,14-31)13-29-22(32)19-10-16-9-15(11-28)7-8-18(16)30(19)12-17-20(33-3)5-4-6-21(17)34-24(25,26)27/h4-10,31H,12-14H2,1-3H3,(H,29,32). The molecule has 0 atom stereocenters. The fourth-order valence-corrected chi connectivity index (χ4v) is 3.44. The molecule has 1 aromatic heterocycles. The van der Waals surface area contributed by atoms with Crippen LogP contribution < -0.4 is 14.8 Å². The number of methoxy groups -OCH3 is 1. The number of hydrogen-bond acceptors (Lipinski definition) is 5. The summed E-state index contributed by atoms with van der Waals surface area (Å²) in [6.45, 7) is 3.40. The minimum atomic E-state index is -4.92. The van der Waals surface area contributed by atoms with E-state index >= 15 is 0 Å². The molecule has 10 heteroatoms. The molecule has 7 nitrogen and oxygen atoms in total. The van der Waals surface area contributed by atoms with Gasteiger partial charge in [-0.2, -0.15) is 5.26 Å². The maximum Gasteiger partial charge on any atom is 0.573 e. The van der Waals surface area contributed by atoms with Gasteiger partial charge in [0.1, 0.15) is 17.2 Å². The number of aliphatic hydroxyl groups is 1. The lowest BCUT2D eigenvalue weighted by Gasteiger charge is -2.22. The van der Waals surface area contributed by atoms with Crippen LogP contribution in [-0.2, 0) is 6.54 Å². The number of alkyl halides is 3. The second-order valence-corrected chi connectivity index (χ2v) is 8.49. The highest BCUT2D eigenvalue weighted by atomic mass is 19.4. The number of nitriles is 1. The van der Waals surface area contributed by atoms with Gasteiger partial charge in [-0.1, -0.05) is 19.9 Å². The van der Waals surface area contributed by atoms with Gasteiger partial charge in [0.05, 0.1) is 30.9 Å². The molecule has 1 amide bonds. The molecule has 0 saturated carbocycles. The number of carbonyl (C=O) groups is 1. The molecule has 3 rings (SSSR count). The number of hydrogen-bond donors (Lipinski definition) is 2. The number of nitrogens with zero attached hydrogens (tertiary/aromatic N) is 2. The lowest BCUT2D eigenvalue weighted by atomic mass is 9.95. The number of rotatable bonds is 8. The second-order valence-electron chi connectivity index (χ2n) is 8.49. The zero-order chi connectivity index (χ0) is 25.1. The van der Waals surface area contributed by atoms with E-state index in [2.05, 4.69) is 10.1 Å². The third-order valence-corrected chi connectivity index (χ3v) is 5.27. The molecule has 2 N–H and O–H groups in total. The van der Waals surface area contributed by atoms with Crippen molar-refractivity contribution in [1.29, 1.82) is 5.26 Å². The van der Waals surface area contributed by atoms with E-state index in [4.69, 9.17) is 4.74 Å². The van der Waals surface area contributed by atoms with Gasteiger partial charge in [-0.3, -0.25) is 4.79 Å². The fraction of sp³-hybridized carbons (Fsp3) is 0.333. The van der Waals surface area contributed by atoms with E-state index in [0.29, 0.717) is 16.5 Å². The van der Waals surface area contributed by atoms with Crippen LogP contribution in [0.3, 0.4) is 0 Å². The summed E-state index contributed by atoms with van der Waals surface area (Å²) < 4.78 is 50.1. The maximum absolute atomic E-state index is 13.1.